The first kappa shape index (κ1) is 15.3. The Kier molecular flexibility index (Phi) is 3.85. The van der Waals surface area contributed by atoms with E-state index in [9.17, 15) is 4.79 Å². The Morgan fingerprint density at radius 2 is 1.96 bits per heavy atom. The molecule has 1 N–H and O–H groups in total. The molecule has 0 atom stereocenters. The Balaban J connectivity index is 1.86. The minimum Gasteiger partial charge on any atom is -0.310 e. The second-order valence-electron chi connectivity index (χ2n) is 5.79. The Morgan fingerprint density at radius 3 is 2.76 bits per heavy atom. The smallest absolute Gasteiger partial charge is 0.262 e. The van der Waals surface area contributed by atoms with Crippen molar-refractivity contribution in [1.82, 2.24) is 24.7 Å². The van der Waals surface area contributed by atoms with E-state index in [1.807, 2.05) is 36.4 Å². The van der Waals surface area contributed by atoms with Crippen LogP contribution in [0.3, 0.4) is 0 Å². The summed E-state index contributed by atoms with van der Waals surface area (Å²) in [6, 6.07) is 13.7. The molecule has 0 saturated carbocycles. The zero-order chi connectivity index (χ0) is 17.2. The number of hydrogen-bond donors (Lipinski definition) is 1. The molecule has 0 bridgehead atoms. The van der Waals surface area contributed by atoms with E-state index in [0.717, 1.165) is 23.4 Å². The van der Waals surface area contributed by atoms with Gasteiger partial charge in [-0.2, -0.15) is 5.10 Å². The molecule has 0 fully saturated rings. The highest BCUT2D eigenvalue weighted by Crippen LogP contribution is 2.18. The van der Waals surface area contributed by atoms with Gasteiger partial charge in [0.2, 0.25) is 0 Å². The predicted molar refractivity (Wildman–Crippen MR) is 95.9 cm³/mol. The third-order valence-electron chi connectivity index (χ3n) is 4.16. The van der Waals surface area contributed by atoms with Crippen LogP contribution >= 0.6 is 0 Å². The molecule has 6 nitrogen and oxygen atoms in total. The number of benzene rings is 1. The van der Waals surface area contributed by atoms with Crippen molar-refractivity contribution < 1.29 is 0 Å². The highest BCUT2D eigenvalue weighted by molar-refractivity contribution is 5.75. The molecule has 0 aliphatic rings. The third-order valence-corrected chi connectivity index (χ3v) is 4.16. The topological polar surface area (TPSA) is 76.5 Å². The highest BCUT2D eigenvalue weighted by atomic mass is 16.1. The number of pyridine rings is 1. The van der Waals surface area contributed by atoms with Gasteiger partial charge in [0, 0.05) is 18.3 Å². The van der Waals surface area contributed by atoms with Gasteiger partial charge in [-0.05, 0) is 30.2 Å². The van der Waals surface area contributed by atoms with Crippen molar-refractivity contribution >= 4 is 11.0 Å². The first-order valence-electron chi connectivity index (χ1n) is 8.21. The van der Waals surface area contributed by atoms with Crippen LogP contribution in [-0.4, -0.2) is 24.7 Å². The molecule has 0 amide bonds. The van der Waals surface area contributed by atoms with Crippen LogP contribution in [0.15, 0.2) is 59.7 Å². The molecule has 0 aliphatic heterocycles. The van der Waals surface area contributed by atoms with Crippen LogP contribution in [0.25, 0.3) is 16.7 Å². The average Bonchev–Trinajstić information content (AvgIpc) is 3.07. The number of fused-ring (bicyclic) bond motifs is 1. The lowest BCUT2D eigenvalue weighted by atomic mass is 10.1. The number of nitrogens with one attached hydrogen (secondary N) is 1. The van der Waals surface area contributed by atoms with Crippen molar-refractivity contribution in [2.24, 2.45) is 0 Å². The molecule has 0 saturated heterocycles. The van der Waals surface area contributed by atoms with Gasteiger partial charge in [-0.25, -0.2) is 9.67 Å². The summed E-state index contributed by atoms with van der Waals surface area (Å²) in [4.78, 5) is 24.2. The fourth-order valence-electron chi connectivity index (χ4n) is 2.91. The molecular weight excluding hydrogens is 314 g/mol. The zero-order valence-corrected chi connectivity index (χ0v) is 13.8. The fraction of sp³-hybridized carbons (Fsp3) is 0.158. The van der Waals surface area contributed by atoms with Crippen molar-refractivity contribution in [3.63, 3.8) is 0 Å². The summed E-state index contributed by atoms with van der Waals surface area (Å²) in [5, 5.41) is 4.88. The lowest BCUT2D eigenvalue weighted by molar-refractivity contribution is 0.861. The molecule has 4 aromatic rings. The van der Waals surface area contributed by atoms with E-state index >= 15 is 0 Å². The normalized spacial score (nSPS) is 11.1. The minimum absolute atomic E-state index is 0.184. The van der Waals surface area contributed by atoms with Crippen LogP contribution in [0.1, 0.15) is 24.0 Å². The third kappa shape index (κ3) is 2.82. The van der Waals surface area contributed by atoms with E-state index in [1.165, 1.54) is 0 Å². The number of rotatable bonds is 4. The number of H-pyrrole nitrogens is 1. The van der Waals surface area contributed by atoms with Gasteiger partial charge in [0.25, 0.3) is 5.56 Å². The number of nitrogens with zero attached hydrogens (tertiary/aromatic N) is 4. The maximum Gasteiger partial charge on any atom is 0.262 e. The summed E-state index contributed by atoms with van der Waals surface area (Å²) >= 11 is 0. The van der Waals surface area contributed by atoms with Gasteiger partial charge in [-0.3, -0.25) is 9.78 Å². The summed E-state index contributed by atoms with van der Waals surface area (Å²) in [6.07, 6.45) is 4.64. The van der Waals surface area contributed by atoms with E-state index in [-0.39, 0.29) is 5.56 Å². The number of aromatic nitrogens is 5. The molecule has 0 aliphatic carbocycles. The van der Waals surface area contributed by atoms with Crippen LogP contribution in [0.2, 0.25) is 0 Å². The molecule has 0 unspecified atom stereocenters. The SMILES string of the molecule is CCc1ccccc1-n1ncc2c(=O)[nH]c(Cc3ccccn3)nc21. The lowest BCUT2D eigenvalue weighted by Gasteiger charge is -2.09. The average molecular weight is 331 g/mol. The van der Waals surface area contributed by atoms with E-state index in [2.05, 4.69) is 33.0 Å². The monoisotopic (exact) mass is 331 g/mol. The van der Waals surface area contributed by atoms with E-state index in [1.54, 1.807) is 17.1 Å². The molecule has 6 heteroatoms. The molecule has 3 heterocycles. The summed E-state index contributed by atoms with van der Waals surface area (Å²) in [5.41, 5.74) is 3.33. The number of hydrogen-bond acceptors (Lipinski definition) is 4. The van der Waals surface area contributed by atoms with Gasteiger partial charge in [0.15, 0.2) is 5.65 Å². The lowest BCUT2D eigenvalue weighted by Crippen LogP contribution is -2.13. The van der Waals surface area contributed by atoms with Crippen LogP contribution in [0, 0.1) is 0 Å². The minimum atomic E-state index is -0.184. The van der Waals surface area contributed by atoms with Crippen molar-refractivity contribution in [1.29, 1.82) is 0 Å². The Morgan fingerprint density at radius 1 is 1.12 bits per heavy atom. The largest absolute Gasteiger partial charge is 0.310 e. The van der Waals surface area contributed by atoms with Gasteiger partial charge >= 0.3 is 0 Å². The first-order valence-corrected chi connectivity index (χ1v) is 8.21. The van der Waals surface area contributed by atoms with E-state index < -0.39 is 0 Å². The van der Waals surface area contributed by atoms with Crippen LogP contribution < -0.4 is 5.56 Å². The summed E-state index contributed by atoms with van der Waals surface area (Å²) in [6.45, 7) is 2.09. The summed E-state index contributed by atoms with van der Waals surface area (Å²) in [7, 11) is 0. The second kappa shape index (κ2) is 6.32. The Labute approximate surface area is 144 Å². The van der Waals surface area contributed by atoms with Crippen LogP contribution in [0.4, 0.5) is 0 Å². The maximum atomic E-state index is 12.4. The molecule has 0 spiro atoms. The molecule has 1 aromatic carbocycles. The molecule has 3 aromatic heterocycles. The Hall–Kier alpha value is -3.28. The first-order chi connectivity index (χ1) is 12.3. The summed E-state index contributed by atoms with van der Waals surface area (Å²) in [5.74, 6) is 0.576. The highest BCUT2D eigenvalue weighted by Gasteiger charge is 2.13. The van der Waals surface area contributed by atoms with Crippen molar-refractivity contribution in [2.75, 3.05) is 0 Å². The van der Waals surface area contributed by atoms with Crippen molar-refractivity contribution in [3.8, 4) is 5.69 Å². The summed E-state index contributed by atoms with van der Waals surface area (Å²) < 4.78 is 1.74. The number of aromatic amines is 1. The molecule has 0 radical (unpaired) electrons. The van der Waals surface area contributed by atoms with Gasteiger partial charge in [0.05, 0.1) is 11.9 Å². The number of para-hydroxylation sites is 1. The van der Waals surface area contributed by atoms with Crippen molar-refractivity contribution in [2.45, 2.75) is 19.8 Å². The standard InChI is InChI=1S/C19H17N5O/c1-2-13-7-3-4-9-16(13)24-18-15(12-21-24)19(25)23-17(22-18)11-14-8-5-6-10-20-14/h3-10,12H,2,11H2,1H3,(H,22,23,25). The maximum absolute atomic E-state index is 12.4. The van der Waals surface area contributed by atoms with E-state index in [0.29, 0.717) is 23.3 Å². The molecular formula is C19H17N5O. The van der Waals surface area contributed by atoms with Crippen LogP contribution in [0.5, 0.6) is 0 Å². The van der Waals surface area contributed by atoms with Gasteiger partial charge < -0.3 is 4.98 Å². The Bertz CT molecular complexity index is 1080. The van der Waals surface area contributed by atoms with Gasteiger partial charge in [0.1, 0.15) is 11.2 Å². The molecule has 124 valence electrons. The zero-order valence-electron chi connectivity index (χ0n) is 13.8. The fourth-order valence-corrected chi connectivity index (χ4v) is 2.91. The molecule has 25 heavy (non-hydrogen) atoms. The van der Waals surface area contributed by atoms with Crippen LogP contribution in [-0.2, 0) is 12.8 Å². The van der Waals surface area contributed by atoms with E-state index in [4.69, 9.17) is 0 Å². The van der Waals surface area contributed by atoms with Gasteiger partial charge in [-0.15, -0.1) is 0 Å². The molecule has 4 rings (SSSR count). The predicted octanol–water partition coefficient (Wildman–Crippen LogP) is 2.66. The quantitative estimate of drug-likeness (QED) is 0.624. The van der Waals surface area contributed by atoms with Crippen molar-refractivity contribution in [3.05, 3.63) is 82.3 Å². The number of aryl methyl sites for hydroxylation is 1. The van der Waals surface area contributed by atoms with Gasteiger partial charge in [-0.1, -0.05) is 31.2 Å². The second-order valence-corrected chi connectivity index (χ2v) is 5.79.